The van der Waals surface area contributed by atoms with Crippen molar-refractivity contribution in [2.24, 2.45) is 0 Å². The number of carboxylic acid groups (broad SMARTS) is 1. The second kappa shape index (κ2) is 5.11. The number of pyridine rings is 1. The molecule has 3 aromatic rings. The lowest BCUT2D eigenvalue weighted by molar-refractivity contribution is -0.146. The number of nitrogens with one attached hydrogen (secondary N) is 1. The lowest BCUT2D eigenvalue weighted by atomic mass is 10.1. The average molecular weight is 309 g/mol. The summed E-state index contributed by atoms with van der Waals surface area (Å²) in [5.41, 5.74) is 1.29. The van der Waals surface area contributed by atoms with E-state index >= 15 is 0 Å². The van der Waals surface area contributed by atoms with Gasteiger partial charge in [0, 0.05) is 23.7 Å². The van der Waals surface area contributed by atoms with Gasteiger partial charge in [0.15, 0.2) is 6.10 Å². The number of nitrogens with zero attached hydrogens (tertiary/aromatic N) is 5. The second-order valence-corrected chi connectivity index (χ2v) is 4.71. The zero-order chi connectivity index (χ0) is 15.0. The van der Waals surface area contributed by atoms with Gasteiger partial charge in [0.1, 0.15) is 11.3 Å². The molecule has 3 aromatic heterocycles. The number of aliphatic carboxylic acids is 1. The molecule has 3 heterocycles. The van der Waals surface area contributed by atoms with Crippen molar-refractivity contribution in [2.45, 2.75) is 12.5 Å². The Bertz CT molecular complexity index is 800. The topological polar surface area (TPSA) is 129 Å². The average Bonchev–Trinajstić information content (AvgIpc) is 3.06. The number of rotatable bonds is 4. The van der Waals surface area contributed by atoms with E-state index in [1.165, 1.54) is 0 Å². The fraction of sp³-hybridized carbons (Fsp3) is 0.182. The van der Waals surface area contributed by atoms with Gasteiger partial charge in [-0.3, -0.25) is 0 Å². The van der Waals surface area contributed by atoms with Crippen LogP contribution >= 0.6 is 11.6 Å². The SMILES string of the molecule is O=C(O)C(O)Cc1c(-c2nn[nH]n2)nc2cc(Cl)ccn12. The van der Waals surface area contributed by atoms with Crippen LogP contribution in [0.3, 0.4) is 0 Å². The number of hydrogen-bond acceptors (Lipinski definition) is 6. The van der Waals surface area contributed by atoms with Crippen molar-refractivity contribution < 1.29 is 15.0 Å². The van der Waals surface area contributed by atoms with E-state index in [1.807, 2.05) is 0 Å². The van der Waals surface area contributed by atoms with Crippen LogP contribution in [0.4, 0.5) is 0 Å². The molecule has 9 nitrogen and oxygen atoms in total. The summed E-state index contributed by atoms with van der Waals surface area (Å²) in [6.45, 7) is 0. The van der Waals surface area contributed by atoms with Crippen LogP contribution in [0.25, 0.3) is 17.2 Å². The first-order valence-electron chi connectivity index (χ1n) is 5.87. The molecule has 0 spiro atoms. The third kappa shape index (κ3) is 2.43. The zero-order valence-electron chi connectivity index (χ0n) is 10.4. The summed E-state index contributed by atoms with van der Waals surface area (Å²) in [5, 5.41) is 32.4. The molecule has 108 valence electrons. The van der Waals surface area contributed by atoms with E-state index in [2.05, 4.69) is 25.6 Å². The quantitative estimate of drug-likeness (QED) is 0.625. The van der Waals surface area contributed by atoms with E-state index in [1.54, 1.807) is 22.7 Å². The Balaban J connectivity index is 2.18. The predicted molar refractivity (Wildman–Crippen MR) is 70.7 cm³/mol. The highest BCUT2D eigenvalue weighted by molar-refractivity contribution is 6.30. The van der Waals surface area contributed by atoms with Gasteiger partial charge in [0.2, 0.25) is 5.82 Å². The molecule has 0 fully saturated rings. The molecule has 0 aromatic carbocycles. The molecule has 0 aliphatic rings. The molecule has 1 unspecified atom stereocenters. The lowest BCUT2D eigenvalue weighted by Crippen LogP contribution is -2.23. The minimum atomic E-state index is -1.56. The number of aliphatic hydroxyl groups excluding tert-OH is 1. The van der Waals surface area contributed by atoms with Gasteiger partial charge in [-0.2, -0.15) is 5.21 Å². The maximum atomic E-state index is 10.9. The summed E-state index contributed by atoms with van der Waals surface area (Å²) < 4.78 is 1.63. The van der Waals surface area contributed by atoms with Crippen molar-refractivity contribution in [1.82, 2.24) is 30.0 Å². The number of carboxylic acids is 1. The van der Waals surface area contributed by atoms with Crippen molar-refractivity contribution >= 4 is 23.2 Å². The highest BCUT2D eigenvalue weighted by Gasteiger charge is 2.23. The van der Waals surface area contributed by atoms with E-state index in [0.29, 0.717) is 22.1 Å². The number of tetrazole rings is 1. The number of aromatic nitrogens is 6. The van der Waals surface area contributed by atoms with Gasteiger partial charge in [0.05, 0.1) is 5.69 Å². The summed E-state index contributed by atoms with van der Waals surface area (Å²) in [6.07, 6.45) is -0.0774. The van der Waals surface area contributed by atoms with Gasteiger partial charge in [0.25, 0.3) is 0 Å². The van der Waals surface area contributed by atoms with Crippen LogP contribution < -0.4 is 0 Å². The fourth-order valence-electron chi connectivity index (χ4n) is 1.98. The number of hydrogen-bond donors (Lipinski definition) is 3. The Morgan fingerprint density at radius 3 is 3.00 bits per heavy atom. The number of H-pyrrole nitrogens is 1. The minimum absolute atomic E-state index is 0.151. The normalized spacial score (nSPS) is 12.7. The summed E-state index contributed by atoms with van der Waals surface area (Å²) >= 11 is 5.91. The van der Waals surface area contributed by atoms with Crippen LogP contribution in [0, 0.1) is 0 Å². The molecule has 0 aliphatic carbocycles. The van der Waals surface area contributed by atoms with Crippen LogP contribution in [0.15, 0.2) is 18.3 Å². The maximum Gasteiger partial charge on any atom is 0.332 e. The Kier molecular flexibility index (Phi) is 3.28. The van der Waals surface area contributed by atoms with E-state index < -0.39 is 12.1 Å². The van der Waals surface area contributed by atoms with Gasteiger partial charge in [-0.25, -0.2) is 9.78 Å². The van der Waals surface area contributed by atoms with Crippen LogP contribution in [-0.2, 0) is 11.2 Å². The van der Waals surface area contributed by atoms with E-state index in [0.717, 1.165) is 0 Å². The van der Waals surface area contributed by atoms with Gasteiger partial charge < -0.3 is 14.6 Å². The molecule has 0 radical (unpaired) electrons. The monoisotopic (exact) mass is 308 g/mol. The fourth-order valence-corrected chi connectivity index (χ4v) is 2.13. The number of carbonyl (C=O) groups is 1. The van der Waals surface area contributed by atoms with E-state index in [9.17, 15) is 9.90 Å². The Labute approximate surface area is 122 Å². The number of aromatic amines is 1. The van der Waals surface area contributed by atoms with Crippen molar-refractivity contribution in [3.8, 4) is 11.5 Å². The van der Waals surface area contributed by atoms with Crippen molar-refractivity contribution in [2.75, 3.05) is 0 Å². The van der Waals surface area contributed by atoms with Gasteiger partial charge >= 0.3 is 5.97 Å². The molecule has 3 N–H and O–H groups in total. The molecule has 0 saturated carbocycles. The number of aliphatic hydroxyl groups is 1. The molecule has 10 heteroatoms. The van der Waals surface area contributed by atoms with Gasteiger partial charge in [-0.15, -0.1) is 10.2 Å². The molecule has 3 rings (SSSR count). The van der Waals surface area contributed by atoms with Crippen molar-refractivity contribution in [3.63, 3.8) is 0 Å². The summed E-state index contributed by atoms with van der Waals surface area (Å²) in [5.74, 6) is -1.11. The first-order valence-corrected chi connectivity index (χ1v) is 6.25. The standard InChI is InChI=1S/C11H9ClN6O3/c12-5-1-2-18-6(4-7(19)11(20)21)9(13-8(18)3-5)10-14-16-17-15-10/h1-3,7,19H,4H2,(H,20,21)(H,14,15,16,17). The van der Waals surface area contributed by atoms with Gasteiger partial charge in [-0.1, -0.05) is 11.6 Å². The Morgan fingerprint density at radius 1 is 1.52 bits per heavy atom. The highest BCUT2D eigenvalue weighted by atomic mass is 35.5. The van der Waals surface area contributed by atoms with Crippen molar-refractivity contribution in [3.05, 3.63) is 29.0 Å². The highest BCUT2D eigenvalue weighted by Crippen LogP contribution is 2.24. The summed E-state index contributed by atoms with van der Waals surface area (Å²) in [4.78, 5) is 15.2. The Morgan fingerprint density at radius 2 is 2.33 bits per heavy atom. The largest absolute Gasteiger partial charge is 0.479 e. The van der Waals surface area contributed by atoms with Crippen molar-refractivity contribution in [1.29, 1.82) is 0 Å². The molecular formula is C11H9ClN6O3. The molecule has 0 bridgehead atoms. The first-order chi connectivity index (χ1) is 10.1. The molecule has 21 heavy (non-hydrogen) atoms. The zero-order valence-corrected chi connectivity index (χ0v) is 11.2. The smallest absolute Gasteiger partial charge is 0.332 e. The first kappa shape index (κ1) is 13.5. The maximum absolute atomic E-state index is 10.9. The molecule has 0 saturated heterocycles. The van der Waals surface area contributed by atoms with Crippen LogP contribution in [-0.4, -0.2) is 52.3 Å². The summed E-state index contributed by atoms with van der Waals surface area (Å²) in [7, 11) is 0. The van der Waals surface area contributed by atoms with Gasteiger partial charge in [-0.05, 0) is 11.3 Å². The predicted octanol–water partition coefficient (Wildman–Crippen LogP) is 0.156. The number of halogens is 1. The van der Waals surface area contributed by atoms with E-state index in [4.69, 9.17) is 16.7 Å². The van der Waals surface area contributed by atoms with E-state index in [-0.39, 0.29) is 12.2 Å². The second-order valence-electron chi connectivity index (χ2n) is 4.27. The molecular weight excluding hydrogens is 300 g/mol. The third-order valence-corrected chi connectivity index (χ3v) is 3.15. The number of imidazole rings is 1. The summed E-state index contributed by atoms with van der Waals surface area (Å²) in [6, 6.07) is 3.24. The molecule has 0 aliphatic heterocycles. The lowest BCUT2D eigenvalue weighted by Gasteiger charge is -2.06. The number of fused-ring (bicyclic) bond motifs is 1. The third-order valence-electron chi connectivity index (χ3n) is 2.92. The molecule has 1 atom stereocenters. The minimum Gasteiger partial charge on any atom is -0.479 e. The Hall–Kier alpha value is -2.52. The van der Waals surface area contributed by atoms with Crippen LogP contribution in [0.1, 0.15) is 5.69 Å². The molecule has 0 amide bonds. The van der Waals surface area contributed by atoms with Crippen LogP contribution in [0.2, 0.25) is 5.02 Å². The van der Waals surface area contributed by atoms with Crippen LogP contribution in [0.5, 0.6) is 0 Å².